The van der Waals surface area contributed by atoms with Crippen LogP contribution in [-0.2, 0) is 22.6 Å². The van der Waals surface area contributed by atoms with Crippen molar-refractivity contribution in [3.8, 4) is 0 Å². The molecule has 0 unspecified atom stereocenters. The first-order valence-electron chi connectivity index (χ1n) is 12.4. The van der Waals surface area contributed by atoms with Crippen molar-refractivity contribution >= 4 is 35.2 Å². The third-order valence-corrected chi connectivity index (χ3v) is 6.66. The lowest BCUT2D eigenvalue weighted by Crippen LogP contribution is -2.46. The van der Waals surface area contributed by atoms with E-state index in [1.807, 2.05) is 31.2 Å². The first-order valence-corrected chi connectivity index (χ1v) is 12.7. The van der Waals surface area contributed by atoms with Crippen molar-refractivity contribution in [2.75, 3.05) is 5.32 Å². The molecule has 4 aromatic rings. The van der Waals surface area contributed by atoms with E-state index in [-0.39, 0.29) is 24.9 Å². The van der Waals surface area contributed by atoms with Crippen molar-refractivity contribution in [1.29, 1.82) is 0 Å². The average molecular weight is 544 g/mol. The largest absolute Gasteiger partial charge is 0.467 e. The summed E-state index contributed by atoms with van der Waals surface area (Å²) in [6, 6.07) is 23.8. The number of furan rings is 1. The van der Waals surface area contributed by atoms with E-state index in [4.69, 9.17) is 20.8 Å². The van der Waals surface area contributed by atoms with Gasteiger partial charge in [0, 0.05) is 16.3 Å². The second-order valence-corrected chi connectivity index (χ2v) is 9.68. The number of halogens is 1. The molecule has 1 saturated heterocycles. The fraction of sp³-hybridized carbons (Fsp3) is 0.167. The topological polar surface area (TPSA) is 101 Å². The second kappa shape index (κ2) is 11.4. The summed E-state index contributed by atoms with van der Waals surface area (Å²) in [5, 5.41) is 6.15. The minimum atomic E-state index is -0.916. The molecule has 2 heterocycles. The number of benzene rings is 3. The van der Waals surface area contributed by atoms with Gasteiger partial charge in [0.2, 0.25) is 5.91 Å². The highest BCUT2D eigenvalue weighted by molar-refractivity contribution is 6.31. The van der Waals surface area contributed by atoms with Gasteiger partial charge >= 0.3 is 6.09 Å². The quantitative estimate of drug-likeness (QED) is 0.289. The number of ether oxygens (including phenoxy) is 1. The highest BCUT2D eigenvalue weighted by Crippen LogP contribution is 2.34. The van der Waals surface area contributed by atoms with Gasteiger partial charge in [-0.3, -0.25) is 14.5 Å². The molecule has 1 aromatic heterocycles. The van der Waals surface area contributed by atoms with E-state index in [0.717, 1.165) is 11.1 Å². The van der Waals surface area contributed by atoms with Crippen molar-refractivity contribution in [2.45, 2.75) is 32.2 Å². The summed E-state index contributed by atoms with van der Waals surface area (Å²) in [4.78, 5) is 40.5. The van der Waals surface area contributed by atoms with Crippen LogP contribution in [0, 0.1) is 6.92 Å². The van der Waals surface area contributed by atoms with E-state index in [1.54, 1.807) is 60.7 Å². The van der Waals surface area contributed by atoms with Crippen molar-refractivity contribution in [1.82, 2.24) is 10.2 Å². The molecule has 8 nitrogen and oxygen atoms in total. The number of nitrogens with zero attached hydrogens (tertiary/aromatic N) is 1. The minimum absolute atomic E-state index is 0.177. The molecule has 2 N–H and O–H groups in total. The van der Waals surface area contributed by atoms with Crippen LogP contribution in [0.2, 0.25) is 5.02 Å². The SMILES string of the molecule is Cc1ccc(CN2C(=O)O[C@@H](c3ccc(NC(=O)c4cccc(Cl)c4)cc3)[C@H]2C(=O)NCc2ccco2)cc1. The van der Waals surface area contributed by atoms with Gasteiger partial charge in [0.25, 0.3) is 5.91 Å². The Morgan fingerprint density at radius 3 is 2.44 bits per heavy atom. The van der Waals surface area contributed by atoms with Gasteiger partial charge < -0.3 is 19.8 Å². The van der Waals surface area contributed by atoms with Gasteiger partial charge in [-0.1, -0.05) is 59.6 Å². The van der Waals surface area contributed by atoms with Crippen LogP contribution in [0.1, 0.15) is 38.9 Å². The molecule has 5 rings (SSSR count). The Labute approximate surface area is 230 Å². The lowest BCUT2D eigenvalue weighted by Gasteiger charge is -2.24. The van der Waals surface area contributed by atoms with Gasteiger partial charge in [-0.25, -0.2) is 4.79 Å². The zero-order valence-electron chi connectivity index (χ0n) is 21.1. The van der Waals surface area contributed by atoms with Gasteiger partial charge in [-0.2, -0.15) is 0 Å². The van der Waals surface area contributed by atoms with Crippen molar-refractivity contribution in [3.63, 3.8) is 0 Å². The lowest BCUT2D eigenvalue weighted by molar-refractivity contribution is -0.126. The maximum atomic E-state index is 13.4. The van der Waals surface area contributed by atoms with Gasteiger partial charge in [-0.15, -0.1) is 0 Å². The predicted molar refractivity (Wildman–Crippen MR) is 146 cm³/mol. The van der Waals surface area contributed by atoms with Gasteiger partial charge in [0.05, 0.1) is 19.4 Å². The van der Waals surface area contributed by atoms with Crippen molar-refractivity contribution in [3.05, 3.63) is 124 Å². The zero-order valence-corrected chi connectivity index (χ0v) is 21.9. The smallest absolute Gasteiger partial charge is 0.411 e. The van der Waals surface area contributed by atoms with Gasteiger partial charge in [-0.05, 0) is 60.5 Å². The van der Waals surface area contributed by atoms with Gasteiger partial charge in [0.15, 0.2) is 12.1 Å². The summed E-state index contributed by atoms with van der Waals surface area (Å²) in [6.07, 6.45) is 0.0948. The number of carbonyl (C=O) groups is 3. The Hall–Kier alpha value is -4.56. The molecule has 39 heavy (non-hydrogen) atoms. The Bertz CT molecular complexity index is 1470. The van der Waals surface area contributed by atoms with Crippen LogP contribution in [0.5, 0.6) is 0 Å². The molecule has 1 fully saturated rings. The van der Waals surface area contributed by atoms with E-state index in [0.29, 0.717) is 27.6 Å². The maximum absolute atomic E-state index is 13.4. The first-order chi connectivity index (χ1) is 18.9. The van der Waals surface area contributed by atoms with Crippen LogP contribution < -0.4 is 10.6 Å². The highest BCUT2D eigenvalue weighted by Gasteiger charge is 2.47. The zero-order chi connectivity index (χ0) is 27.4. The minimum Gasteiger partial charge on any atom is -0.467 e. The fourth-order valence-electron chi connectivity index (χ4n) is 4.38. The predicted octanol–water partition coefficient (Wildman–Crippen LogP) is 5.87. The number of hydrogen-bond donors (Lipinski definition) is 2. The summed E-state index contributed by atoms with van der Waals surface area (Å²) >= 11 is 5.99. The standard InChI is InChI=1S/C30H26ClN3O5/c1-19-7-9-20(10-8-19)18-34-26(29(36)32-17-25-6-3-15-38-25)27(39-30(34)37)21-11-13-24(14-12-21)33-28(35)22-4-2-5-23(31)16-22/h2-16,26-27H,17-18H2,1H3,(H,32,36)(H,33,35)/t26-,27-/m0/s1. The van der Waals surface area contributed by atoms with Crippen LogP contribution in [0.4, 0.5) is 10.5 Å². The van der Waals surface area contributed by atoms with E-state index < -0.39 is 18.2 Å². The number of nitrogens with one attached hydrogen (secondary N) is 2. The molecule has 0 saturated carbocycles. The molecule has 0 spiro atoms. The monoisotopic (exact) mass is 543 g/mol. The third-order valence-electron chi connectivity index (χ3n) is 6.43. The second-order valence-electron chi connectivity index (χ2n) is 9.25. The summed E-state index contributed by atoms with van der Waals surface area (Å²) in [6.45, 7) is 2.37. The van der Waals surface area contributed by atoms with Crippen LogP contribution in [-0.4, -0.2) is 28.8 Å². The van der Waals surface area contributed by atoms with Crippen LogP contribution >= 0.6 is 11.6 Å². The molecule has 3 amide bonds. The van der Waals surface area contributed by atoms with Crippen LogP contribution in [0.15, 0.2) is 95.6 Å². The first kappa shape index (κ1) is 26.1. The third kappa shape index (κ3) is 6.13. The van der Waals surface area contributed by atoms with Crippen molar-refractivity contribution < 1.29 is 23.5 Å². The van der Waals surface area contributed by atoms with E-state index in [9.17, 15) is 14.4 Å². The molecule has 2 atom stereocenters. The number of cyclic esters (lactones) is 1. The highest BCUT2D eigenvalue weighted by atomic mass is 35.5. The summed E-state index contributed by atoms with van der Waals surface area (Å²) < 4.78 is 11.1. The maximum Gasteiger partial charge on any atom is 0.411 e. The number of rotatable bonds is 8. The molecule has 1 aliphatic rings. The molecular formula is C30H26ClN3O5. The molecule has 0 aliphatic carbocycles. The molecule has 0 radical (unpaired) electrons. The summed E-state index contributed by atoms with van der Waals surface area (Å²) in [5.41, 5.74) is 3.56. The number of carbonyl (C=O) groups excluding carboxylic acids is 3. The Morgan fingerprint density at radius 2 is 1.74 bits per heavy atom. The number of amides is 3. The normalized spacial score (nSPS) is 16.6. The molecule has 0 bridgehead atoms. The summed E-state index contributed by atoms with van der Waals surface area (Å²) in [5.74, 6) is -0.0836. The van der Waals surface area contributed by atoms with E-state index in [2.05, 4.69) is 10.6 Å². The molecule has 9 heteroatoms. The van der Waals surface area contributed by atoms with Crippen LogP contribution in [0.3, 0.4) is 0 Å². The lowest BCUT2D eigenvalue weighted by atomic mass is 10.00. The number of aryl methyl sites for hydroxylation is 1. The Morgan fingerprint density at radius 1 is 0.974 bits per heavy atom. The molecule has 198 valence electrons. The number of hydrogen-bond acceptors (Lipinski definition) is 5. The number of anilines is 1. The Kier molecular flexibility index (Phi) is 7.65. The van der Waals surface area contributed by atoms with E-state index >= 15 is 0 Å². The van der Waals surface area contributed by atoms with Crippen LogP contribution in [0.25, 0.3) is 0 Å². The van der Waals surface area contributed by atoms with Crippen molar-refractivity contribution in [2.24, 2.45) is 0 Å². The van der Waals surface area contributed by atoms with Gasteiger partial charge in [0.1, 0.15) is 5.76 Å². The fourth-order valence-corrected chi connectivity index (χ4v) is 4.57. The van der Waals surface area contributed by atoms with E-state index in [1.165, 1.54) is 11.2 Å². The average Bonchev–Trinajstić information content (AvgIpc) is 3.57. The molecular weight excluding hydrogens is 518 g/mol. The summed E-state index contributed by atoms with van der Waals surface area (Å²) in [7, 11) is 0. The molecule has 1 aliphatic heterocycles. The molecule has 3 aromatic carbocycles. The Balaban J connectivity index is 1.36.